The van der Waals surface area contributed by atoms with E-state index in [1.165, 1.54) is 16.2 Å². The van der Waals surface area contributed by atoms with Gasteiger partial charge in [0.2, 0.25) is 0 Å². The van der Waals surface area contributed by atoms with E-state index in [-0.39, 0.29) is 46.5 Å². The first-order valence-corrected chi connectivity index (χ1v) is 19.9. The number of thiophene rings is 1. The lowest BCUT2D eigenvalue weighted by atomic mass is 9.95. The van der Waals surface area contributed by atoms with E-state index in [4.69, 9.17) is 14.9 Å². The van der Waals surface area contributed by atoms with Gasteiger partial charge in [-0.2, -0.15) is 0 Å². The van der Waals surface area contributed by atoms with Crippen molar-refractivity contribution in [1.29, 1.82) is 0 Å². The third kappa shape index (κ3) is 12.6. The molecule has 1 heterocycles. The molecule has 0 spiro atoms. The van der Waals surface area contributed by atoms with Crippen LogP contribution in [0.3, 0.4) is 0 Å². The quantitative estimate of drug-likeness (QED) is 0.0788. The molecule has 3 amide bonds. The number of benzene rings is 3. The number of amides is 3. The SMILES string of the molecule is CCC(CC)N(CCN(C)C(=O)OCC(=O)O)Cc1cccc(C(=O)Nc2sc3c(c2C(=O)Nc2ccc(CCc4ccc(C(=O)O)cc4)cc2)CCCC3)c1.[MgH2]. The second-order valence-corrected chi connectivity index (χ2v) is 15.1. The molecule has 5 rings (SSSR count). The number of aromatic carboxylic acids is 1. The van der Waals surface area contributed by atoms with Crippen LogP contribution in [0.25, 0.3) is 0 Å². The molecular weight excluding hydrogens is 757 g/mol. The smallest absolute Gasteiger partial charge is 0.410 e. The normalized spacial score (nSPS) is 12.0. The summed E-state index contributed by atoms with van der Waals surface area (Å²) in [5.74, 6) is -2.74. The fourth-order valence-electron chi connectivity index (χ4n) is 6.97. The minimum absolute atomic E-state index is 0. The van der Waals surface area contributed by atoms with Crippen LogP contribution in [0.2, 0.25) is 0 Å². The van der Waals surface area contributed by atoms with Crippen LogP contribution < -0.4 is 10.6 Å². The highest BCUT2D eigenvalue weighted by Gasteiger charge is 2.27. The number of hydrogen-bond acceptors (Lipinski definition) is 8. The van der Waals surface area contributed by atoms with Crippen LogP contribution in [0, 0.1) is 0 Å². The van der Waals surface area contributed by atoms with Crippen molar-refractivity contribution in [2.75, 3.05) is 37.4 Å². The van der Waals surface area contributed by atoms with Gasteiger partial charge in [0.1, 0.15) is 5.00 Å². The van der Waals surface area contributed by atoms with Gasteiger partial charge in [-0.05, 0) is 110 Å². The third-order valence-electron chi connectivity index (χ3n) is 10.1. The zero-order valence-corrected chi connectivity index (χ0v) is 33.0. The topological polar surface area (TPSA) is 166 Å². The van der Waals surface area contributed by atoms with Crippen molar-refractivity contribution in [3.8, 4) is 0 Å². The van der Waals surface area contributed by atoms with E-state index in [2.05, 4.69) is 29.4 Å². The molecule has 1 aromatic heterocycles. The third-order valence-corrected chi connectivity index (χ3v) is 11.3. The first kappa shape index (κ1) is 44.9. The Morgan fingerprint density at radius 1 is 0.789 bits per heavy atom. The Morgan fingerprint density at radius 2 is 1.44 bits per heavy atom. The van der Waals surface area contributed by atoms with Crippen molar-refractivity contribution in [2.45, 2.75) is 77.8 Å². The van der Waals surface area contributed by atoms with Gasteiger partial charge >= 0.3 is 41.1 Å². The molecular formula is C43H52MgN4O8S. The summed E-state index contributed by atoms with van der Waals surface area (Å²) < 4.78 is 4.82. The first-order valence-electron chi connectivity index (χ1n) is 19.1. The number of fused-ring (bicyclic) bond motifs is 1. The molecule has 4 aromatic rings. The van der Waals surface area contributed by atoms with Crippen molar-refractivity contribution < 1.29 is 38.9 Å². The average molecular weight is 809 g/mol. The molecule has 57 heavy (non-hydrogen) atoms. The average Bonchev–Trinajstić information content (AvgIpc) is 3.57. The predicted octanol–water partition coefficient (Wildman–Crippen LogP) is 6.84. The molecule has 0 aliphatic heterocycles. The monoisotopic (exact) mass is 808 g/mol. The summed E-state index contributed by atoms with van der Waals surface area (Å²) in [5, 5.41) is 24.6. The number of carboxylic acids is 2. The Balaban J connectivity index is 0.00000720. The Bertz CT molecular complexity index is 2010. The number of aliphatic carboxylic acids is 1. The van der Waals surface area contributed by atoms with Crippen LogP contribution in [0.15, 0.2) is 72.8 Å². The number of carboxylic acid groups (broad SMARTS) is 2. The minimum atomic E-state index is -1.22. The Morgan fingerprint density at radius 3 is 2.07 bits per heavy atom. The summed E-state index contributed by atoms with van der Waals surface area (Å²) in [4.78, 5) is 66.7. The van der Waals surface area contributed by atoms with Crippen molar-refractivity contribution in [3.63, 3.8) is 0 Å². The van der Waals surface area contributed by atoms with Crippen LogP contribution >= 0.6 is 11.3 Å². The maximum Gasteiger partial charge on any atom is 0.410 e. The molecule has 4 N–H and O–H groups in total. The highest BCUT2D eigenvalue weighted by atomic mass is 32.1. The number of likely N-dealkylation sites (N-methyl/N-ethyl adjacent to an activating group) is 1. The molecule has 0 atom stereocenters. The number of carbonyl (C=O) groups is 5. The van der Waals surface area contributed by atoms with Gasteiger partial charge in [0, 0.05) is 48.9 Å². The van der Waals surface area contributed by atoms with Crippen molar-refractivity contribution in [1.82, 2.24) is 9.80 Å². The Kier molecular flexibility index (Phi) is 17.1. The highest BCUT2D eigenvalue weighted by molar-refractivity contribution is 7.17. The van der Waals surface area contributed by atoms with E-state index in [0.29, 0.717) is 41.4 Å². The summed E-state index contributed by atoms with van der Waals surface area (Å²) >= 11 is 1.47. The van der Waals surface area contributed by atoms with Gasteiger partial charge < -0.3 is 30.5 Å². The van der Waals surface area contributed by atoms with Crippen LogP contribution in [-0.4, -0.2) is 106 Å². The molecule has 0 radical (unpaired) electrons. The molecule has 0 saturated carbocycles. The van der Waals surface area contributed by atoms with E-state index < -0.39 is 24.6 Å². The molecule has 1 aliphatic carbocycles. The fourth-order valence-corrected chi connectivity index (χ4v) is 8.25. The number of nitrogens with one attached hydrogen (secondary N) is 2. The zero-order chi connectivity index (χ0) is 40.2. The molecule has 14 heteroatoms. The van der Waals surface area contributed by atoms with Crippen molar-refractivity contribution >= 4 is 74.9 Å². The molecule has 12 nitrogen and oxygen atoms in total. The maximum absolute atomic E-state index is 13.9. The largest absolute Gasteiger partial charge is 0.479 e. The molecule has 1 aliphatic rings. The van der Waals surface area contributed by atoms with E-state index >= 15 is 0 Å². The van der Waals surface area contributed by atoms with E-state index in [9.17, 15) is 24.0 Å². The van der Waals surface area contributed by atoms with Crippen LogP contribution in [0.4, 0.5) is 15.5 Å². The number of aryl methyl sites for hydroxylation is 3. The molecule has 0 bridgehead atoms. The Hall–Kier alpha value is -4.76. The summed E-state index contributed by atoms with van der Waals surface area (Å²) in [5.41, 5.74) is 5.92. The van der Waals surface area contributed by atoms with Crippen LogP contribution in [-0.2, 0) is 41.8 Å². The predicted molar refractivity (Wildman–Crippen MR) is 225 cm³/mol. The van der Waals surface area contributed by atoms with E-state index in [0.717, 1.165) is 78.5 Å². The summed E-state index contributed by atoms with van der Waals surface area (Å²) in [6, 6.07) is 22.2. The molecule has 0 unspecified atom stereocenters. The molecule has 0 saturated heterocycles. The highest BCUT2D eigenvalue weighted by Crippen LogP contribution is 2.39. The second-order valence-electron chi connectivity index (χ2n) is 14.0. The van der Waals surface area contributed by atoms with Gasteiger partial charge in [-0.15, -0.1) is 11.3 Å². The number of carbonyl (C=O) groups excluding carboxylic acids is 3. The lowest BCUT2D eigenvalue weighted by Gasteiger charge is -2.32. The lowest BCUT2D eigenvalue weighted by Crippen LogP contribution is -2.41. The first-order chi connectivity index (χ1) is 26.9. The fraction of sp³-hybridized carbons (Fsp3) is 0.372. The maximum atomic E-state index is 13.9. The summed E-state index contributed by atoms with van der Waals surface area (Å²) in [7, 11) is 1.57. The van der Waals surface area contributed by atoms with Gasteiger partial charge in [0.25, 0.3) is 11.8 Å². The Labute approximate surface area is 353 Å². The second kappa shape index (κ2) is 21.7. The van der Waals surface area contributed by atoms with Gasteiger partial charge in [0.05, 0.1) is 11.1 Å². The number of hydrogen-bond donors (Lipinski definition) is 4. The molecule has 0 fully saturated rings. The van der Waals surface area contributed by atoms with E-state index in [1.54, 1.807) is 25.2 Å². The molecule has 3 aromatic carbocycles. The van der Waals surface area contributed by atoms with Gasteiger partial charge in [-0.25, -0.2) is 14.4 Å². The zero-order valence-electron chi connectivity index (χ0n) is 32.1. The minimum Gasteiger partial charge on any atom is -0.479 e. The van der Waals surface area contributed by atoms with Crippen molar-refractivity contribution in [3.05, 3.63) is 117 Å². The lowest BCUT2D eigenvalue weighted by molar-refractivity contribution is -0.140. The van der Waals surface area contributed by atoms with Gasteiger partial charge in [0.15, 0.2) is 6.61 Å². The van der Waals surface area contributed by atoms with Gasteiger partial charge in [-0.3, -0.25) is 14.5 Å². The number of nitrogens with zero attached hydrogens (tertiary/aromatic N) is 2. The number of rotatable bonds is 18. The van der Waals surface area contributed by atoms with Crippen LogP contribution in [0.5, 0.6) is 0 Å². The summed E-state index contributed by atoms with van der Waals surface area (Å²) in [6.45, 7) is 4.90. The van der Waals surface area contributed by atoms with Crippen molar-refractivity contribution in [2.24, 2.45) is 0 Å². The number of anilines is 2. The summed E-state index contributed by atoms with van der Waals surface area (Å²) in [6.07, 6.45) is 6.21. The van der Waals surface area contributed by atoms with Gasteiger partial charge in [-0.1, -0.05) is 50.2 Å². The molecule has 300 valence electrons. The standard InChI is InChI=1S/C43H50N4O8S.Mg.2H/c1-4-34(5-2)47(24-23-46(3)43(54)55-27-37(48)49)26-30-9-8-10-32(25-30)39(50)45-41-38(35-11-6-7-12-36(35)56-41)40(51)44-33-21-17-29(18-22-33)14-13-28-15-19-31(20-16-28)42(52)53;;;/h8-10,15-22,25,34H,4-7,11-14,23-24,26-27H2,1-3H3,(H,44,51)(H,45,50)(H,48,49)(H,52,53);;;. The number of ether oxygens (including phenoxy) is 1. The van der Waals surface area contributed by atoms with Crippen LogP contribution in [0.1, 0.15) is 97.7 Å². The van der Waals surface area contributed by atoms with E-state index in [1.807, 2.05) is 54.6 Å².